The molecule has 0 saturated carbocycles. The monoisotopic (exact) mass is 579 g/mol. The van der Waals surface area contributed by atoms with E-state index in [2.05, 4.69) is 20.2 Å². The van der Waals surface area contributed by atoms with Gasteiger partial charge in [-0.1, -0.05) is 23.4 Å². The van der Waals surface area contributed by atoms with Crippen LogP contribution < -0.4 is 16.2 Å². The average Bonchev–Trinajstić information content (AvgIpc) is 3.60. The van der Waals surface area contributed by atoms with Crippen LogP contribution in [0.15, 0.2) is 58.6 Å². The van der Waals surface area contributed by atoms with E-state index in [4.69, 9.17) is 4.52 Å². The van der Waals surface area contributed by atoms with Gasteiger partial charge in [0.25, 0.3) is 11.4 Å². The average molecular weight is 579 g/mol. The maximum atomic E-state index is 14.5. The molecule has 0 aliphatic heterocycles. The molecule has 0 fully saturated rings. The molecule has 18 heteroatoms. The van der Waals surface area contributed by atoms with Gasteiger partial charge in [0.15, 0.2) is 17.5 Å². The summed E-state index contributed by atoms with van der Waals surface area (Å²) in [4.78, 5) is 42.2. The first kappa shape index (κ1) is 28.7. The van der Waals surface area contributed by atoms with Crippen LogP contribution in [0.2, 0.25) is 0 Å². The Balaban J connectivity index is 1.67. The van der Waals surface area contributed by atoms with E-state index in [0.29, 0.717) is 11.9 Å². The SMILES string of the molecule is CC(=O)NNC(=O)C(CNc1nc(-c2cc(-c3ccon3)n(Cc3ccccc3F)n2)ncc1F)(N=O)C(F)(F)F. The van der Waals surface area contributed by atoms with Gasteiger partial charge in [0, 0.05) is 18.6 Å². The minimum atomic E-state index is -5.56. The fourth-order valence-corrected chi connectivity index (χ4v) is 3.49. The molecule has 1 aromatic carbocycles. The van der Waals surface area contributed by atoms with Crippen molar-refractivity contribution in [2.24, 2.45) is 5.18 Å². The highest BCUT2D eigenvalue weighted by atomic mass is 19.4. The standard InChI is InChI=1S/C23H18F5N9O4/c1-12(38)32-33-21(39)22(36-40,23(26,27)28)11-30-19-15(25)9-29-20(31-19)17-8-18(16-6-7-41-35-16)37(34-17)10-13-4-2-3-5-14(13)24/h2-9H,10-11H2,1H3,(H,32,38)(H,33,39)(H,29,30,31). The zero-order valence-electron chi connectivity index (χ0n) is 20.7. The lowest BCUT2D eigenvalue weighted by atomic mass is 9.99. The maximum absolute atomic E-state index is 14.5. The van der Waals surface area contributed by atoms with Crippen LogP contribution in [0.5, 0.6) is 0 Å². The third-order valence-corrected chi connectivity index (χ3v) is 5.60. The van der Waals surface area contributed by atoms with Crippen LogP contribution in [0.3, 0.4) is 0 Å². The molecule has 13 nitrogen and oxygen atoms in total. The van der Waals surface area contributed by atoms with Gasteiger partial charge < -0.3 is 9.84 Å². The Hall–Kier alpha value is -5.29. The van der Waals surface area contributed by atoms with E-state index in [9.17, 15) is 36.4 Å². The molecule has 2 amide bonds. The van der Waals surface area contributed by atoms with E-state index in [1.807, 2.05) is 10.5 Å². The second-order valence-electron chi connectivity index (χ2n) is 8.38. The zero-order valence-corrected chi connectivity index (χ0v) is 20.7. The number of nitrogens with zero attached hydrogens (tertiary/aromatic N) is 6. The number of nitroso groups, excluding NO2 is 1. The Morgan fingerprint density at radius 2 is 1.83 bits per heavy atom. The van der Waals surface area contributed by atoms with E-state index < -0.39 is 47.5 Å². The molecule has 0 bridgehead atoms. The number of halogens is 5. The number of amides is 2. The minimum Gasteiger partial charge on any atom is -0.364 e. The van der Waals surface area contributed by atoms with Gasteiger partial charge in [-0.15, -0.1) is 4.91 Å². The van der Waals surface area contributed by atoms with Crippen molar-refractivity contribution >= 4 is 17.6 Å². The molecule has 3 aromatic heterocycles. The van der Waals surface area contributed by atoms with E-state index in [-0.39, 0.29) is 29.3 Å². The number of carbonyl (C=O) groups excluding carboxylic acids is 2. The molecule has 1 atom stereocenters. The molecule has 3 N–H and O–H groups in total. The Morgan fingerprint density at radius 3 is 2.46 bits per heavy atom. The first-order chi connectivity index (χ1) is 19.4. The smallest absolute Gasteiger partial charge is 0.364 e. The number of hydrazine groups is 1. The summed E-state index contributed by atoms with van der Waals surface area (Å²) in [6, 6.07) is 8.79. The summed E-state index contributed by atoms with van der Waals surface area (Å²) in [5.74, 6) is -5.82. The number of hydrogen-bond donors (Lipinski definition) is 3. The van der Waals surface area contributed by atoms with Gasteiger partial charge in [-0.3, -0.25) is 25.1 Å². The molecule has 0 radical (unpaired) electrons. The van der Waals surface area contributed by atoms with Gasteiger partial charge >= 0.3 is 6.18 Å². The van der Waals surface area contributed by atoms with E-state index in [1.54, 1.807) is 11.5 Å². The summed E-state index contributed by atoms with van der Waals surface area (Å²) < 4.78 is 76.4. The topological polar surface area (TPSA) is 169 Å². The van der Waals surface area contributed by atoms with Crippen LogP contribution in [0.1, 0.15) is 12.5 Å². The summed E-state index contributed by atoms with van der Waals surface area (Å²) in [6.45, 7) is -0.778. The first-order valence-electron chi connectivity index (χ1n) is 11.4. The van der Waals surface area contributed by atoms with Gasteiger partial charge in [-0.25, -0.2) is 18.7 Å². The highest BCUT2D eigenvalue weighted by Gasteiger charge is 2.63. The second kappa shape index (κ2) is 11.4. The lowest BCUT2D eigenvalue weighted by Gasteiger charge is -2.27. The van der Waals surface area contributed by atoms with Crippen LogP contribution in [0.25, 0.3) is 22.9 Å². The third kappa shape index (κ3) is 5.99. The van der Waals surface area contributed by atoms with E-state index >= 15 is 0 Å². The highest BCUT2D eigenvalue weighted by Crippen LogP contribution is 2.35. The molecular weight excluding hydrogens is 561 g/mol. The van der Waals surface area contributed by atoms with E-state index in [0.717, 1.165) is 6.92 Å². The first-order valence-corrected chi connectivity index (χ1v) is 11.4. The number of benzene rings is 1. The molecule has 0 aliphatic rings. The van der Waals surface area contributed by atoms with Crippen molar-refractivity contribution in [2.45, 2.75) is 25.2 Å². The summed E-state index contributed by atoms with van der Waals surface area (Å²) in [6.07, 6.45) is -3.66. The fraction of sp³-hybridized carbons (Fsp3) is 0.217. The number of alkyl halides is 3. The molecule has 0 spiro atoms. The molecule has 0 saturated heterocycles. The van der Waals surface area contributed by atoms with Gasteiger partial charge in [-0.05, 0) is 17.3 Å². The van der Waals surface area contributed by atoms with Gasteiger partial charge in [0.2, 0.25) is 5.91 Å². The molecule has 4 aromatic rings. The van der Waals surface area contributed by atoms with Crippen molar-refractivity contribution in [3.63, 3.8) is 0 Å². The number of anilines is 1. The molecule has 41 heavy (non-hydrogen) atoms. The summed E-state index contributed by atoms with van der Waals surface area (Å²) >= 11 is 0. The van der Waals surface area contributed by atoms with Crippen molar-refractivity contribution in [3.8, 4) is 22.9 Å². The lowest BCUT2D eigenvalue weighted by Crippen LogP contribution is -2.62. The summed E-state index contributed by atoms with van der Waals surface area (Å²) in [5.41, 5.74) is -0.0554. The van der Waals surface area contributed by atoms with Crippen molar-refractivity contribution in [1.82, 2.24) is 35.8 Å². The van der Waals surface area contributed by atoms with Gasteiger partial charge in [0.1, 0.15) is 23.5 Å². The van der Waals surface area contributed by atoms with Crippen LogP contribution in [-0.2, 0) is 16.1 Å². The lowest BCUT2D eigenvalue weighted by molar-refractivity contribution is -0.188. The molecular formula is C23H18F5N9O4. The second-order valence-corrected chi connectivity index (χ2v) is 8.38. The van der Waals surface area contributed by atoms with E-state index in [1.165, 1.54) is 46.7 Å². The van der Waals surface area contributed by atoms with Crippen molar-refractivity contribution in [3.05, 3.63) is 71.0 Å². The predicted octanol–water partition coefficient (Wildman–Crippen LogP) is 2.97. The number of nitrogens with one attached hydrogen (secondary N) is 3. The molecule has 4 rings (SSSR count). The van der Waals surface area contributed by atoms with Gasteiger partial charge in [-0.2, -0.15) is 18.3 Å². The molecule has 0 aliphatic carbocycles. The van der Waals surface area contributed by atoms with Crippen molar-refractivity contribution in [1.29, 1.82) is 0 Å². The number of carbonyl (C=O) groups is 2. The fourth-order valence-electron chi connectivity index (χ4n) is 3.49. The molecule has 3 heterocycles. The highest BCUT2D eigenvalue weighted by molar-refractivity contribution is 5.90. The Morgan fingerprint density at radius 1 is 1.07 bits per heavy atom. The Bertz CT molecular complexity index is 1580. The Kier molecular flexibility index (Phi) is 8.01. The van der Waals surface area contributed by atoms with Crippen LogP contribution in [-0.4, -0.2) is 55.0 Å². The summed E-state index contributed by atoms with van der Waals surface area (Å²) in [5, 5.41) is 12.1. The van der Waals surface area contributed by atoms with Crippen LogP contribution >= 0.6 is 0 Å². The number of rotatable bonds is 9. The Labute approximate surface area is 226 Å². The van der Waals surface area contributed by atoms with Crippen LogP contribution in [0.4, 0.5) is 27.8 Å². The molecule has 214 valence electrons. The normalized spacial score (nSPS) is 12.8. The van der Waals surface area contributed by atoms with Crippen molar-refractivity contribution in [2.75, 3.05) is 11.9 Å². The maximum Gasteiger partial charge on any atom is 0.428 e. The molecule has 1 unspecified atom stereocenters. The zero-order chi connectivity index (χ0) is 29.8. The number of aromatic nitrogens is 5. The number of hydrogen-bond acceptors (Lipinski definition) is 10. The van der Waals surface area contributed by atoms with Gasteiger partial charge in [0.05, 0.1) is 25.0 Å². The summed E-state index contributed by atoms with van der Waals surface area (Å²) in [7, 11) is 0. The third-order valence-electron chi connectivity index (χ3n) is 5.60. The quantitative estimate of drug-likeness (QED) is 0.153. The minimum absolute atomic E-state index is 0.0126. The predicted molar refractivity (Wildman–Crippen MR) is 129 cm³/mol. The van der Waals surface area contributed by atoms with Crippen molar-refractivity contribution < 1.29 is 36.1 Å². The largest absolute Gasteiger partial charge is 0.428 e. The van der Waals surface area contributed by atoms with Crippen LogP contribution in [0, 0.1) is 16.5 Å².